The third-order valence-electron chi connectivity index (χ3n) is 4.45. The highest BCUT2D eigenvalue weighted by Gasteiger charge is 2.52. The van der Waals surface area contributed by atoms with Gasteiger partial charge in [-0.1, -0.05) is 24.3 Å². The van der Waals surface area contributed by atoms with Crippen molar-refractivity contribution in [2.24, 2.45) is 0 Å². The van der Waals surface area contributed by atoms with Gasteiger partial charge >= 0.3 is 0 Å². The summed E-state index contributed by atoms with van der Waals surface area (Å²) < 4.78 is 10.8. The summed E-state index contributed by atoms with van der Waals surface area (Å²) in [7, 11) is 0. The van der Waals surface area contributed by atoms with Crippen molar-refractivity contribution < 1.29 is 29.0 Å². The Morgan fingerprint density at radius 2 is 1.56 bits per heavy atom. The van der Waals surface area contributed by atoms with Crippen LogP contribution in [0.1, 0.15) is 37.5 Å². The van der Waals surface area contributed by atoms with Gasteiger partial charge in [0.25, 0.3) is 0 Å². The highest BCUT2D eigenvalue weighted by molar-refractivity contribution is 6.33. The van der Waals surface area contributed by atoms with Gasteiger partial charge in [0.2, 0.25) is 11.6 Å². The molecule has 1 N–H and O–H groups in total. The minimum absolute atomic E-state index is 0.143. The first-order chi connectivity index (χ1) is 12.0. The third-order valence-corrected chi connectivity index (χ3v) is 4.45. The predicted molar refractivity (Wildman–Crippen MR) is 86.4 cm³/mol. The van der Waals surface area contributed by atoms with Gasteiger partial charge in [-0.3, -0.25) is 14.4 Å². The number of Topliss-reactive ketones (excluding diaryl/α,β-unsaturated/α-hetero) is 3. The summed E-state index contributed by atoms with van der Waals surface area (Å²) in [6.07, 6.45) is -0.612. The topological polar surface area (TPSA) is 89.9 Å². The summed E-state index contributed by atoms with van der Waals surface area (Å²) in [6.45, 7) is 0.808. The van der Waals surface area contributed by atoms with E-state index in [0.29, 0.717) is 24.7 Å². The lowest BCUT2D eigenvalue weighted by atomic mass is 9.89. The molecule has 0 bridgehead atoms. The average molecular weight is 338 g/mol. The van der Waals surface area contributed by atoms with E-state index in [4.69, 9.17) is 9.47 Å². The van der Waals surface area contributed by atoms with E-state index < -0.39 is 29.4 Å². The highest BCUT2D eigenvalue weighted by atomic mass is 16.6. The number of carbonyl (C=O) groups excluding carboxylic acids is 3. The molecular weight excluding hydrogens is 324 g/mol. The van der Waals surface area contributed by atoms with Crippen LogP contribution in [0.4, 0.5) is 0 Å². The summed E-state index contributed by atoms with van der Waals surface area (Å²) in [5.74, 6) is -1.04. The second-order valence-electron chi connectivity index (χ2n) is 6.02. The average Bonchev–Trinajstić information content (AvgIpc) is 2.83. The number of ketones is 3. The molecule has 1 aliphatic carbocycles. The number of benzene rings is 2. The Balaban J connectivity index is 1.63. The number of rotatable bonds is 3. The van der Waals surface area contributed by atoms with Crippen LogP contribution in [-0.2, 0) is 0 Å². The van der Waals surface area contributed by atoms with E-state index in [-0.39, 0.29) is 16.7 Å². The molecule has 1 heterocycles. The molecule has 4 rings (SSSR count). The van der Waals surface area contributed by atoms with Gasteiger partial charge in [-0.05, 0) is 18.2 Å². The number of hydrogen-bond donors (Lipinski definition) is 1. The van der Waals surface area contributed by atoms with Crippen LogP contribution < -0.4 is 9.47 Å². The van der Waals surface area contributed by atoms with Crippen molar-refractivity contribution in [2.45, 2.75) is 12.0 Å². The van der Waals surface area contributed by atoms with Crippen LogP contribution in [-0.4, -0.2) is 41.3 Å². The molecule has 0 radical (unpaired) electrons. The summed E-state index contributed by atoms with van der Waals surface area (Å²) in [5.41, 5.74) is -1.82. The number of carbonyl (C=O) groups is 3. The normalized spacial score (nSPS) is 17.3. The number of aliphatic hydroxyl groups is 1. The molecule has 0 unspecified atom stereocenters. The summed E-state index contributed by atoms with van der Waals surface area (Å²) in [4.78, 5) is 37.5. The quantitative estimate of drug-likeness (QED) is 0.678. The molecule has 126 valence electrons. The minimum atomic E-state index is -2.35. The molecule has 0 amide bonds. The van der Waals surface area contributed by atoms with Crippen LogP contribution in [0.2, 0.25) is 0 Å². The lowest BCUT2D eigenvalue weighted by molar-refractivity contribution is 0.0295. The molecule has 25 heavy (non-hydrogen) atoms. The zero-order valence-corrected chi connectivity index (χ0v) is 13.2. The molecule has 0 spiro atoms. The van der Waals surface area contributed by atoms with E-state index in [9.17, 15) is 19.5 Å². The van der Waals surface area contributed by atoms with Gasteiger partial charge in [0.05, 0.1) is 6.42 Å². The maximum atomic E-state index is 12.6. The zero-order chi connectivity index (χ0) is 17.6. The van der Waals surface area contributed by atoms with Crippen molar-refractivity contribution in [3.8, 4) is 11.5 Å². The van der Waals surface area contributed by atoms with E-state index >= 15 is 0 Å². The highest BCUT2D eigenvalue weighted by Crippen LogP contribution is 2.35. The molecule has 0 saturated heterocycles. The fraction of sp³-hybridized carbons (Fsp3) is 0.211. The largest absolute Gasteiger partial charge is 0.486 e. The minimum Gasteiger partial charge on any atom is -0.486 e. The SMILES string of the molecule is O=C(CC1(O)C(=O)c2ccccc2C1=O)c1ccc2c(c1)OCCO2. The van der Waals surface area contributed by atoms with Gasteiger partial charge in [-0.25, -0.2) is 0 Å². The molecule has 6 nitrogen and oxygen atoms in total. The second kappa shape index (κ2) is 5.53. The van der Waals surface area contributed by atoms with Crippen molar-refractivity contribution in [3.05, 3.63) is 59.2 Å². The van der Waals surface area contributed by atoms with Gasteiger partial charge in [0.15, 0.2) is 22.9 Å². The molecule has 1 aliphatic heterocycles. The van der Waals surface area contributed by atoms with Crippen molar-refractivity contribution in [2.75, 3.05) is 13.2 Å². The van der Waals surface area contributed by atoms with Gasteiger partial charge in [0, 0.05) is 16.7 Å². The Kier molecular flexibility index (Phi) is 3.43. The Hall–Kier alpha value is -2.99. The van der Waals surface area contributed by atoms with E-state index in [1.807, 2.05) is 0 Å². The van der Waals surface area contributed by atoms with Gasteiger partial charge < -0.3 is 14.6 Å². The molecule has 2 aliphatic rings. The predicted octanol–water partition coefficient (Wildman–Crippen LogP) is 1.84. The number of hydrogen-bond acceptors (Lipinski definition) is 6. The third kappa shape index (κ3) is 2.34. The molecule has 0 atom stereocenters. The maximum absolute atomic E-state index is 12.6. The first kappa shape index (κ1) is 15.5. The van der Waals surface area contributed by atoms with E-state index in [0.717, 1.165) is 0 Å². The van der Waals surface area contributed by atoms with Crippen molar-refractivity contribution in [3.63, 3.8) is 0 Å². The lowest BCUT2D eigenvalue weighted by Crippen LogP contribution is -2.43. The molecule has 0 saturated carbocycles. The van der Waals surface area contributed by atoms with Crippen LogP contribution in [0.25, 0.3) is 0 Å². The van der Waals surface area contributed by atoms with Crippen molar-refractivity contribution in [1.82, 2.24) is 0 Å². The standard InChI is InChI=1S/C19H14O6/c20-14(11-5-6-15-16(9-11)25-8-7-24-15)10-19(23)17(21)12-3-1-2-4-13(12)18(19)22/h1-6,9,23H,7-8,10H2. The van der Waals surface area contributed by atoms with Gasteiger partial charge in [-0.15, -0.1) is 0 Å². The Morgan fingerprint density at radius 3 is 2.20 bits per heavy atom. The monoisotopic (exact) mass is 338 g/mol. The fourth-order valence-electron chi connectivity index (χ4n) is 3.14. The van der Waals surface area contributed by atoms with E-state index in [1.165, 1.54) is 24.3 Å². The smallest absolute Gasteiger partial charge is 0.203 e. The van der Waals surface area contributed by atoms with E-state index in [1.54, 1.807) is 18.2 Å². The summed E-state index contributed by atoms with van der Waals surface area (Å²) in [6, 6.07) is 10.8. The Morgan fingerprint density at radius 1 is 0.960 bits per heavy atom. The molecular formula is C19H14O6. The van der Waals surface area contributed by atoms with Crippen molar-refractivity contribution in [1.29, 1.82) is 0 Å². The number of ether oxygens (including phenoxy) is 2. The summed E-state index contributed by atoms with van der Waals surface area (Å²) in [5, 5.41) is 10.6. The van der Waals surface area contributed by atoms with Crippen molar-refractivity contribution >= 4 is 17.3 Å². The zero-order valence-electron chi connectivity index (χ0n) is 13.2. The summed E-state index contributed by atoms with van der Waals surface area (Å²) >= 11 is 0. The fourth-order valence-corrected chi connectivity index (χ4v) is 3.14. The molecule has 0 aromatic heterocycles. The second-order valence-corrected chi connectivity index (χ2v) is 6.02. The van der Waals surface area contributed by atoms with Crippen LogP contribution >= 0.6 is 0 Å². The van der Waals surface area contributed by atoms with Gasteiger partial charge in [0.1, 0.15) is 13.2 Å². The Bertz CT molecular complexity index is 879. The molecule has 0 fully saturated rings. The maximum Gasteiger partial charge on any atom is 0.203 e. The molecule has 6 heteroatoms. The van der Waals surface area contributed by atoms with Gasteiger partial charge in [-0.2, -0.15) is 0 Å². The first-order valence-electron chi connectivity index (χ1n) is 7.84. The van der Waals surface area contributed by atoms with Crippen LogP contribution in [0, 0.1) is 0 Å². The first-order valence-corrected chi connectivity index (χ1v) is 7.84. The number of fused-ring (bicyclic) bond motifs is 2. The van der Waals surface area contributed by atoms with Crippen LogP contribution in [0.5, 0.6) is 11.5 Å². The lowest BCUT2D eigenvalue weighted by Gasteiger charge is -2.20. The van der Waals surface area contributed by atoms with Crippen LogP contribution in [0.3, 0.4) is 0 Å². The molecule has 2 aromatic rings. The van der Waals surface area contributed by atoms with Crippen LogP contribution in [0.15, 0.2) is 42.5 Å². The molecule has 2 aromatic carbocycles. The Labute approximate surface area is 143 Å². The van der Waals surface area contributed by atoms with E-state index in [2.05, 4.69) is 0 Å².